The van der Waals surface area contributed by atoms with E-state index in [4.69, 9.17) is 0 Å². The van der Waals surface area contributed by atoms with E-state index in [1.807, 2.05) is 0 Å². The van der Waals surface area contributed by atoms with Crippen LogP contribution in [0.4, 0.5) is 30.2 Å². The van der Waals surface area contributed by atoms with E-state index < -0.39 is 56.3 Å². The van der Waals surface area contributed by atoms with Gasteiger partial charge in [0.15, 0.2) is 0 Å². The number of para-hydroxylation sites is 1. The number of benzene rings is 3. The Labute approximate surface area is 205 Å². The Morgan fingerprint density at radius 2 is 1.54 bits per heavy atom. The van der Waals surface area contributed by atoms with Gasteiger partial charge in [0, 0.05) is 29.4 Å². The van der Waals surface area contributed by atoms with Crippen molar-refractivity contribution in [3.63, 3.8) is 0 Å². The lowest BCUT2D eigenvalue weighted by molar-refractivity contribution is -0.385. The third-order valence-corrected chi connectivity index (χ3v) is 5.68. The molecule has 1 heterocycles. The number of ketones is 1. The average Bonchev–Trinajstić information content (AvgIpc) is 3.13. The zero-order chi connectivity index (χ0) is 27.1. The van der Waals surface area contributed by atoms with Crippen LogP contribution in [0.15, 0.2) is 78.4 Å². The number of Topliss-reactive ketones (excluding diaryl/α,β-unsaturated/α-hetero) is 1. The van der Waals surface area contributed by atoms with Gasteiger partial charge in [-0.1, -0.05) is 18.2 Å². The molecule has 188 valence electrons. The molecule has 0 aromatic heterocycles. The van der Waals surface area contributed by atoms with Gasteiger partial charge in [0.05, 0.1) is 26.5 Å². The van der Waals surface area contributed by atoms with Crippen LogP contribution in [0, 0.1) is 20.2 Å². The number of hydrogen-bond acceptors (Lipinski definition) is 7. The van der Waals surface area contributed by atoms with E-state index in [9.17, 15) is 48.1 Å². The number of carbonyl (C=O) groups is 2. The van der Waals surface area contributed by atoms with Gasteiger partial charge in [-0.3, -0.25) is 34.7 Å². The largest absolute Gasteiger partial charge is 0.507 e. The van der Waals surface area contributed by atoms with Gasteiger partial charge < -0.3 is 5.11 Å². The number of carbonyl (C=O) groups excluding carboxylic acids is 2. The molecule has 13 heteroatoms. The van der Waals surface area contributed by atoms with E-state index in [1.165, 1.54) is 18.2 Å². The second kappa shape index (κ2) is 9.18. The molecule has 37 heavy (non-hydrogen) atoms. The molecule has 0 unspecified atom stereocenters. The number of nitro benzene ring substituents is 2. The zero-order valence-electron chi connectivity index (χ0n) is 18.4. The van der Waals surface area contributed by atoms with Crippen molar-refractivity contribution in [1.29, 1.82) is 0 Å². The summed E-state index contributed by atoms with van der Waals surface area (Å²) in [6.45, 7) is 0. The van der Waals surface area contributed by atoms with Crippen LogP contribution < -0.4 is 4.90 Å². The maximum absolute atomic E-state index is 13.4. The fourth-order valence-electron chi connectivity index (χ4n) is 4.01. The first-order valence-corrected chi connectivity index (χ1v) is 10.4. The minimum atomic E-state index is -4.80. The van der Waals surface area contributed by atoms with Crippen LogP contribution in [-0.2, 0) is 15.8 Å². The molecule has 1 fully saturated rings. The number of nitro groups is 2. The summed E-state index contributed by atoms with van der Waals surface area (Å²) in [5.41, 5.74) is -3.42. The number of halogens is 3. The minimum absolute atomic E-state index is 0.128. The second-order valence-electron chi connectivity index (χ2n) is 7.84. The molecule has 3 aromatic carbocycles. The van der Waals surface area contributed by atoms with Crippen LogP contribution in [0.5, 0.6) is 0 Å². The van der Waals surface area contributed by atoms with Gasteiger partial charge in [-0.15, -0.1) is 0 Å². The van der Waals surface area contributed by atoms with Gasteiger partial charge in [-0.25, -0.2) is 0 Å². The summed E-state index contributed by atoms with van der Waals surface area (Å²) in [7, 11) is 0. The first kappa shape index (κ1) is 25.0. The average molecular weight is 513 g/mol. The molecule has 1 aliphatic heterocycles. The van der Waals surface area contributed by atoms with Crippen molar-refractivity contribution in [2.45, 2.75) is 12.2 Å². The molecule has 1 atom stereocenters. The zero-order valence-corrected chi connectivity index (χ0v) is 18.4. The maximum Gasteiger partial charge on any atom is 0.416 e. The number of alkyl halides is 3. The minimum Gasteiger partial charge on any atom is -0.507 e. The molecule has 0 saturated carbocycles. The van der Waals surface area contributed by atoms with Gasteiger partial charge in [0.1, 0.15) is 11.8 Å². The van der Waals surface area contributed by atoms with Gasteiger partial charge in [0.2, 0.25) is 0 Å². The number of non-ortho nitro benzene ring substituents is 1. The highest BCUT2D eigenvalue weighted by Crippen LogP contribution is 2.45. The third-order valence-electron chi connectivity index (χ3n) is 5.68. The Balaban J connectivity index is 1.99. The van der Waals surface area contributed by atoms with Gasteiger partial charge in [-0.2, -0.15) is 13.2 Å². The van der Waals surface area contributed by atoms with Crippen molar-refractivity contribution in [3.8, 4) is 0 Å². The highest BCUT2D eigenvalue weighted by molar-refractivity contribution is 6.51. The molecule has 1 aliphatic rings. The van der Waals surface area contributed by atoms with Crippen molar-refractivity contribution < 1.29 is 37.7 Å². The summed E-state index contributed by atoms with van der Waals surface area (Å²) in [6, 6.07) is 11.0. The van der Waals surface area contributed by atoms with Gasteiger partial charge in [0.25, 0.3) is 23.1 Å². The standard InChI is InChI=1S/C24H14F3N3O7/c25-24(26,27)14-4-3-5-16(12-14)28-20(17-6-1-2-7-18(17)30(36)37)19(22(32)23(28)33)21(31)13-8-10-15(11-9-13)29(34)35/h1-12,20,31H/b21-19+/t20-/m1/s1. The van der Waals surface area contributed by atoms with Crippen LogP contribution in [0.1, 0.15) is 22.7 Å². The quantitative estimate of drug-likeness (QED) is 0.163. The summed E-state index contributed by atoms with van der Waals surface area (Å²) in [6.07, 6.45) is -4.80. The smallest absolute Gasteiger partial charge is 0.416 e. The van der Waals surface area contributed by atoms with Crippen LogP contribution in [0.3, 0.4) is 0 Å². The number of aliphatic hydroxyl groups excluding tert-OH is 1. The Hall–Kier alpha value is -5.07. The predicted molar refractivity (Wildman–Crippen MR) is 122 cm³/mol. The van der Waals surface area contributed by atoms with Crippen LogP contribution in [0.25, 0.3) is 5.76 Å². The number of amides is 1. The van der Waals surface area contributed by atoms with Crippen LogP contribution >= 0.6 is 0 Å². The molecule has 4 rings (SSSR count). The van der Waals surface area contributed by atoms with Crippen molar-refractivity contribution in [2.75, 3.05) is 4.90 Å². The SMILES string of the molecule is O=C1C(=O)N(c2cccc(C(F)(F)F)c2)[C@H](c2ccccc2[N+](=O)[O-])/C1=C(\O)c1ccc([N+](=O)[O-])cc1. The molecule has 0 spiro atoms. The lowest BCUT2D eigenvalue weighted by Gasteiger charge is -2.25. The molecule has 10 nitrogen and oxygen atoms in total. The number of aliphatic hydroxyl groups is 1. The molecular formula is C24H14F3N3O7. The summed E-state index contributed by atoms with van der Waals surface area (Å²) in [5.74, 6) is -3.45. The van der Waals surface area contributed by atoms with Crippen molar-refractivity contribution in [2.24, 2.45) is 0 Å². The Kier molecular flexibility index (Phi) is 6.21. The topological polar surface area (TPSA) is 144 Å². The molecule has 1 amide bonds. The molecule has 1 N–H and O–H groups in total. The van der Waals surface area contributed by atoms with E-state index in [2.05, 4.69) is 0 Å². The summed E-state index contributed by atoms with van der Waals surface area (Å²) in [5, 5.41) is 33.7. The Morgan fingerprint density at radius 3 is 2.14 bits per heavy atom. The molecule has 3 aromatic rings. The van der Waals surface area contributed by atoms with Crippen LogP contribution in [-0.4, -0.2) is 26.6 Å². The van der Waals surface area contributed by atoms with Crippen LogP contribution in [0.2, 0.25) is 0 Å². The third kappa shape index (κ3) is 4.49. The fraction of sp³-hybridized carbons (Fsp3) is 0.0833. The maximum atomic E-state index is 13.4. The number of rotatable bonds is 5. The highest BCUT2D eigenvalue weighted by atomic mass is 19.4. The number of hydrogen-bond donors (Lipinski definition) is 1. The van der Waals surface area contributed by atoms with E-state index >= 15 is 0 Å². The van der Waals surface area contributed by atoms with Crippen molar-refractivity contribution in [1.82, 2.24) is 0 Å². The lowest BCUT2D eigenvalue weighted by atomic mass is 9.94. The molecule has 0 aliphatic carbocycles. The van der Waals surface area contributed by atoms with E-state index in [1.54, 1.807) is 0 Å². The molecule has 1 saturated heterocycles. The van der Waals surface area contributed by atoms with E-state index in [0.29, 0.717) is 11.0 Å². The Morgan fingerprint density at radius 1 is 0.892 bits per heavy atom. The monoisotopic (exact) mass is 513 g/mol. The van der Waals surface area contributed by atoms with Crippen molar-refractivity contribution >= 4 is 34.5 Å². The molecule has 0 bridgehead atoms. The van der Waals surface area contributed by atoms with E-state index in [0.717, 1.165) is 48.5 Å². The summed E-state index contributed by atoms with van der Waals surface area (Å²) >= 11 is 0. The number of nitrogens with zero attached hydrogens (tertiary/aromatic N) is 3. The fourth-order valence-corrected chi connectivity index (χ4v) is 4.01. The van der Waals surface area contributed by atoms with Crippen molar-refractivity contribution in [3.05, 3.63) is 115 Å². The first-order chi connectivity index (χ1) is 17.4. The first-order valence-electron chi connectivity index (χ1n) is 10.4. The van der Waals surface area contributed by atoms with Gasteiger partial charge >= 0.3 is 6.18 Å². The summed E-state index contributed by atoms with van der Waals surface area (Å²) in [4.78, 5) is 48.1. The lowest BCUT2D eigenvalue weighted by Crippen LogP contribution is -2.30. The van der Waals surface area contributed by atoms with Gasteiger partial charge in [-0.05, 0) is 36.4 Å². The highest BCUT2D eigenvalue weighted by Gasteiger charge is 2.49. The Bertz CT molecular complexity index is 1480. The molecular weight excluding hydrogens is 499 g/mol. The summed E-state index contributed by atoms with van der Waals surface area (Å²) < 4.78 is 40.1. The normalized spacial score (nSPS) is 17.2. The number of anilines is 1. The van der Waals surface area contributed by atoms with E-state index in [-0.39, 0.29) is 22.5 Å². The predicted octanol–water partition coefficient (Wildman–Crippen LogP) is 5.15. The second-order valence-corrected chi connectivity index (χ2v) is 7.84. The molecule has 0 radical (unpaired) electrons.